The predicted molar refractivity (Wildman–Crippen MR) is 86.6 cm³/mol. The zero-order chi connectivity index (χ0) is 15.2. The molecule has 0 aliphatic carbocycles. The van der Waals surface area contributed by atoms with Gasteiger partial charge >= 0.3 is 0 Å². The molecule has 1 aromatic heterocycles. The van der Waals surface area contributed by atoms with Crippen LogP contribution < -0.4 is 15.4 Å². The molecule has 2 aromatic rings. The lowest BCUT2D eigenvalue weighted by atomic mass is 10.2. The minimum absolute atomic E-state index is 0.628. The van der Waals surface area contributed by atoms with Crippen LogP contribution in [0.4, 0.5) is 17.3 Å². The average Bonchev–Trinajstić information content (AvgIpc) is 2.51. The molecule has 5 heteroatoms. The minimum atomic E-state index is 0.628. The van der Waals surface area contributed by atoms with Crippen molar-refractivity contribution in [2.24, 2.45) is 0 Å². The summed E-state index contributed by atoms with van der Waals surface area (Å²) in [7, 11) is 1.87. The third kappa shape index (κ3) is 3.42. The highest BCUT2D eigenvalue weighted by molar-refractivity contribution is 5.68. The summed E-state index contributed by atoms with van der Waals surface area (Å²) >= 11 is 0. The van der Waals surface area contributed by atoms with E-state index in [2.05, 4.69) is 20.6 Å². The summed E-state index contributed by atoms with van der Waals surface area (Å²) in [5, 5.41) is 6.47. The Morgan fingerprint density at radius 3 is 2.48 bits per heavy atom. The van der Waals surface area contributed by atoms with E-state index in [4.69, 9.17) is 4.74 Å². The van der Waals surface area contributed by atoms with E-state index in [1.165, 1.54) is 0 Å². The van der Waals surface area contributed by atoms with E-state index in [-0.39, 0.29) is 0 Å². The number of anilines is 3. The van der Waals surface area contributed by atoms with E-state index < -0.39 is 0 Å². The smallest absolute Gasteiger partial charge is 0.142 e. The van der Waals surface area contributed by atoms with Crippen molar-refractivity contribution in [2.45, 2.75) is 27.2 Å². The molecule has 0 spiro atoms. The van der Waals surface area contributed by atoms with E-state index in [1.54, 1.807) is 0 Å². The Bertz CT molecular complexity index is 613. The van der Waals surface area contributed by atoms with E-state index in [0.717, 1.165) is 40.9 Å². The molecular formula is C16H22N4O. The van der Waals surface area contributed by atoms with Gasteiger partial charge < -0.3 is 15.4 Å². The van der Waals surface area contributed by atoms with Gasteiger partial charge in [-0.2, -0.15) is 0 Å². The molecule has 112 valence electrons. The Balaban J connectivity index is 2.39. The summed E-state index contributed by atoms with van der Waals surface area (Å²) < 4.78 is 5.64. The van der Waals surface area contributed by atoms with Crippen molar-refractivity contribution in [1.82, 2.24) is 9.97 Å². The van der Waals surface area contributed by atoms with Gasteiger partial charge in [0, 0.05) is 19.0 Å². The molecule has 1 aromatic carbocycles. The van der Waals surface area contributed by atoms with E-state index in [0.29, 0.717) is 6.61 Å². The summed E-state index contributed by atoms with van der Waals surface area (Å²) in [5.74, 6) is 3.28. The fraction of sp³-hybridized carbons (Fsp3) is 0.375. The second kappa shape index (κ2) is 6.92. The molecule has 0 unspecified atom stereocenters. The number of nitrogens with one attached hydrogen (secondary N) is 2. The highest BCUT2D eigenvalue weighted by Crippen LogP contribution is 2.29. The maximum atomic E-state index is 5.64. The summed E-state index contributed by atoms with van der Waals surface area (Å²) in [6.07, 6.45) is 0.788. The zero-order valence-electron chi connectivity index (χ0n) is 13.0. The van der Waals surface area contributed by atoms with Crippen LogP contribution in [0.15, 0.2) is 24.3 Å². The molecule has 0 atom stereocenters. The van der Waals surface area contributed by atoms with Gasteiger partial charge in [0.2, 0.25) is 0 Å². The number of ether oxygens (including phenoxy) is 1. The topological polar surface area (TPSA) is 59.1 Å². The minimum Gasteiger partial charge on any atom is -0.492 e. The second-order valence-corrected chi connectivity index (χ2v) is 4.62. The molecule has 0 aliphatic heterocycles. The number of para-hydroxylation sites is 2. The van der Waals surface area contributed by atoms with Crippen LogP contribution in [0.2, 0.25) is 0 Å². The lowest BCUT2D eigenvalue weighted by Gasteiger charge is -2.15. The Labute approximate surface area is 125 Å². The van der Waals surface area contributed by atoms with Crippen LogP contribution in [0, 0.1) is 6.92 Å². The summed E-state index contributed by atoms with van der Waals surface area (Å²) in [4.78, 5) is 9.05. The van der Waals surface area contributed by atoms with Crippen LogP contribution in [0.25, 0.3) is 0 Å². The molecule has 2 rings (SSSR count). The van der Waals surface area contributed by atoms with E-state index in [9.17, 15) is 0 Å². The first-order valence-electron chi connectivity index (χ1n) is 7.23. The van der Waals surface area contributed by atoms with Crippen molar-refractivity contribution < 1.29 is 4.74 Å². The summed E-state index contributed by atoms with van der Waals surface area (Å²) in [6, 6.07) is 7.86. The van der Waals surface area contributed by atoms with Gasteiger partial charge in [-0.3, -0.25) is 0 Å². The summed E-state index contributed by atoms with van der Waals surface area (Å²) in [6.45, 7) is 6.64. The lowest BCUT2D eigenvalue weighted by Crippen LogP contribution is -2.07. The first-order chi connectivity index (χ1) is 10.2. The van der Waals surface area contributed by atoms with Gasteiger partial charge in [0.1, 0.15) is 23.2 Å². The Hall–Kier alpha value is -2.30. The van der Waals surface area contributed by atoms with Crippen LogP contribution >= 0.6 is 0 Å². The molecule has 0 saturated carbocycles. The Kier molecular flexibility index (Phi) is 4.98. The maximum absolute atomic E-state index is 5.64. The zero-order valence-corrected chi connectivity index (χ0v) is 13.0. The monoisotopic (exact) mass is 286 g/mol. The van der Waals surface area contributed by atoms with E-state index >= 15 is 0 Å². The van der Waals surface area contributed by atoms with Crippen LogP contribution in [-0.4, -0.2) is 23.6 Å². The number of benzene rings is 1. The van der Waals surface area contributed by atoms with Gasteiger partial charge in [-0.1, -0.05) is 19.1 Å². The van der Waals surface area contributed by atoms with Gasteiger partial charge in [-0.25, -0.2) is 9.97 Å². The lowest BCUT2D eigenvalue weighted by molar-refractivity contribution is 0.342. The third-order valence-electron chi connectivity index (χ3n) is 3.19. The largest absolute Gasteiger partial charge is 0.492 e. The van der Waals surface area contributed by atoms with Crippen molar-refractivity contribution in [3.05, 3.63) is 35.7 Å². The maximum Gasteiger partial charge on any atom is 0.142 e. The predicted octanol–water partition coefficient (Wildman–Crippen LogP) is 3.53. The standard InChI is InChI=1S/C16H22N4O/c1-5-14-19-15(17-4)11(3)16(20-14)18-12-9-7-8-10-13(12)21-6-2/h7-10H,5-6H2,1-4H3,(H2,17,18,19,20). The van der Waals surface area contributed by atoms with Crippen LogP contribution in [0.5, 0.6) is 5.75 Å². The highest BCUT2D eigenvalue weighted by Gasteiger charge is 2.11. The number of aromatic nitrogens is 2. The SMILES string of the molecule is CCOc1ccccc1Nc1nc(CC)nc(NC)c1C. The fourth-order valence-corrected chi connectivity index (χ4v) is 2.07. The first kappa shape index (κ1) is 15.1. The van der Waals surface area contributed by atoms with Crippen molar-refractivity contribution in [2.75, 3.05) is 24.3 Å². The molecule has 0 fully saturated rings. The second-order valence-electron chi connectivity index (χ2n) is 4.62. The van der Waals surface area contributed by atoms with Crippen molar-refractivity contribution in [3.8, 4) is 5.75 Å². The number of hydrogen-bond donors (Lipinski definition) is 2. The van der Waals surface area contributed by atoms with Gasteiger partial charge in [-0.15, -0.1) is 0 Å². The van der Waals surface area contributed by atoms with Crippen molar-refractivity contribution >= 4 is 17.3 Å². The molecule has 2 N–H and O–H groups in total. The molecule has 5 nitrogen and oxygen atoms in total. The molecule has 0 amide bonds. The number of hydrogen-bond acceptors (Lipinski definition) is 5. The first-order valence-corrected chi connectivity index (χ1v) is 7.23. The van der Waals surface area contributed by atoms with Crippen molar-refractivity contribution in [1.29, 1.82) is 0 Å². The molecule has 0 saturated heterocycles. The molecular weight excluding hydrogens is 264 g/mol. The molecule has 1 heterocycles. The Morgan fingerprint density at radius 1 is 1.10 bits per heavy atom. The highest BCUT2D eigenvalue weighted by atomic mass is 16.5. The normalized spacial score (nSPS) is 10.3. The number of rotatable bonds is 6. The van der Waals surface area contributed by atoms with E-state index in [1.807, 2.05) is 52.1 Å². The van der Waals surface area contributed by atoms with Crippen LogP contribution in [0.1, 0.15) is 25.2 Å². The number of nitrogens with zero attached hydrogens (tertiary/aromatic N) is 2. The molecule has 0 bridgehead atoms. The molecule has 0 radical (unpaired) electrons. The van der Waals surface area contributed by atoms with Crippen LogP contribution in [-0.2, 0) is 6.42 Å². The number of aryl methyl sites for hydroxylation is 1. The van der Waals surface area contributed by atoms with Gasteiger partial charge in [0.15, 0.2) is 0 Å². The third-order valence-corrected chi connectivity index (χ3v) is 3.19. The van der Waals surface area contributed by atoms with Gasteiger partial charge in [0.05, 0.1) is 12.3 Å². The van der Waals surface area contributed by atoms with Crippen LogP contribution in [0.3, 0.4) is 0 Å². The van der Waals surface area contributed by atoms with Crippen molar-refractivity contribution in [3.63, 3.8) is 0 Å². The average molecular weight is 286 g/mol. The van der Waals surface area contributed by atoms with Gasteiger partial charge in [-0.05, 0) is 26.0 Å². The molecule has 21 heavy (non-hydrogen) atoms. The Morgan fingerprint density at radius 2 is 1.81 bits per heavy atom. The quantitative estimate of drug-likeness (QED) is 0.850. The fourth-order valence-electron chi connectivity index (χ4n) is 2.07. The van der Waals surface area contributed by atoms with Gasteiger partial charge in [0.25, 0.3) is 0 Å². The summed E-state index contributed by atoms with van der Waals surface area (Å²) in [5.41, 5.74) is 1.89. The molecule has 0 aliphatic rings.